The standard InChI is InChI=1S/C20H20N4O4S/c1-3-28-16-10-5-4-9-15(16)22-19(25)17-12(2)21-20(29)23-18(17)13-7-6-8-14(11-13)24(26)27/h4-11,18H,3H2,1-2H3,(H,22,25)(H2,21,23,29)/t18-/m0/s1. The van der Waals surface area contributed by atoms with Crippen LogP contribution in [0.4, 0.5) is 11.4 Å². The van der Waals surface area contributed by atoms with Crippen molar-refractivity contribution < 1.29 is 14.5 Å². The number of nitro groups is 1. The number of benzene rings is 2. The van der Waals surface area contributed by atoms with E-state index in [0.29, 0.717) is 40.0 Å². The Labute approximate surface area is 173 Å². The Morgan fingerprint density at radius 1 is 1.28 bits per heavy atom. The number of nitrogens with one attached hydrogen (secondary N) is 3. The van der Waals surface area contributed by atoms with Crippen molar-refractivity contribution in [3.63, 3.8) is 0 Å². The molecule has 9 heteroatoms. The van der Waals surface area contributed by atoms with E-state index in [0.717, 1.165) is 0 Å². The van der Waals surface area contributed by atoms with E-state index in [9.17, 15) is 14.9 Å². The number of non-ortho nitro benzene ring substituents is 1. The molecule has 0 unspecified atom stereocenters. The highest BCUT2D eigenvalue weighted by molar-refractivity contribution is 7.80. The summed E-state index contributed by atoms with van der Waals surface area (Å²) in [6.07, 6.45) is 0. The van der Waals surface area contributed by atoms with E-state index >= 15 is 0 Å². The summed E-state index contributed by atoms with van der Waals surface area (Å²) in [5.41, 5.74) is 1.98. The van der Waals surface area contributed by atoms with Crippen LogP contribution in [-0.2, 0) is 4.79 Å². The first-order valence-electron chi connectivity index (χ1n) is 8.96. The molecule has 8 nitrogen and oxygen atoms in total. The normalized spacial score (nSPS) is 15.9. The number of amides is 1. The van der Waals surface area contributed by atoms with Crippen LogP contribution < -0.4 is 20.7 Å². The van der Waals surface area contributed by atoms with E-state index in [1.165, 1.54) is 12.1 Å². The molecule has 2 aromatic carbocycles. The van der Waals surface area contributed by atoms with Crippen LogP contribution >= 0.6 is 12.2 Å². The Balaban J connectivity index is 1.97. The Morgan fingerprint density at radius 3 is 2.76 bits per heavy atom. The van der Waals surface area contributed by atoms with E-state index in [1.807, 2.05) is 13.0 Å². The monoisotopic (exact) mass is 412 g/mol. The van der Waals surface area contributed by atoms with Gasteiger partial charge in [-0.15, -0.1) is 0 Å². The van der Waals surface area contributed by atoms with Crippen LogP contribution in [0.25, 0.3) is 0 Å². The van der Waals surface area contributed by atoms with Crippen LogP contribution in [0, 0.1) is 10.1 Å². The maximum atomic E-state index is 13.2. The fraction of sp³-hybridized carbons (Fsp3) is 0.200. The number of ether oxygens (including phenoxy) is 1. The largest absolute Gasteiger partial charge is 0.492 e. The molecule has 0 aliphatic carbocycles. The molecule has 2 aromatic rings. The van der Waals surface area contributed by atoms with E-state index in [1.54, 1.807) is 37.3 Å². The van der Waals surface area contributed by atoms with Gasteiger partial charge in [-0.3, -0.25) is 14.9 Å². The van der Waals surface area contributed by atoms with Crippen molar-refractivity contribution in [2.24, 2.45) is 0 Å². The van der Waals surface area contributed by atoms with Gasteiger partial charge >= 0.3 is 0 Å². The van der Waals surface area contributed by atoms with E-state index < -0.39 is 11.0 Å². The van der Waals surface area contributed by atoms with Gasteiger partial charge in [0.05, 0.1) is 28.8 Å². The van der Waals surface area contributed by atoms with Gasteiger partial charge in [-0.05, 0) is 43.8 Å². The highest BCUT2D eigenvalue weighted by atomic mass is 32.1. The van der Waals surface area contributed by atoms with Gasteiger partial charge in [0.15, 0.2) is 5.11 Å². The summed E-state index contributed by atoms with van der Waals surface area (Å²) < 4.78 is 5.56. The molecule has 1 atom stereocenters. The summed E-state index contributed by atoms with van der Waals surface area (Å²) in [7, 11) is 0. The molecule has 150 valence electrons. The first-order valence-corrected chi connectivity index (χ1v) is 9.37. The van der Waals surface area contributed by atoms with E-state index in [2.05, 4.69) is 16.0 Å². The summed E-state index contributed by atoms with van der Waals surface area (Å²) in [6.45, 7) is 4.06. The molecular formula is C20H20N4O4S. The maximum absolute atomic E-state index is 13.2. The molecular weight excluding hydrogens is 392 g/mol. The number of nitrogens with zero attached hydrogens (tertiary/aromatic N) is 1. The third-order valence-corrected chi connectivity index (χ3v) is 4.58. The molecule has 1 aliphatic rings. The molecule has 0 radical (unpaired) electrons. The minimum absolute atomic E-state index is 0.0622. The van der Waals surface area contributed by atoms with Crippen LogP contribution in [0.1, 0.15) is 25.5 Å². The zero-order chi connectivity index (χ0) is 21.0. The van der Waals surface area contributed by atoms with Crippen LogP contribution in [0.15, 0.2) is 59.8 Å². The summed E-state index contributed by atoms with van der Waals surface area (Å²) in [6, 6.07) is 12.6. The van der Waals surface area contributed by atoms with Gasteiger partial charge in [0.1, 0.15) is 5.75 Å². The number of para-hydroxylation sites is 2. The van der Waals surface area contributed by atoms with Gasteiger partial charge in [-0.2, -0.15) is 0 Å². The zero-order valence-corrected chi connectivity index (χ0v) is 16.7. The molecule has 0 aromatic heterocycles. The molecule has 29 heavy (non-hydrogen) atoms. The number of hydrogen-bond acceptors (Lipinski definition) is 5. The molecule has 0 saturated heterocycles. The van der Waals surface area contributed by atoms with Gasteiger partial charge in [0.25, 0.3) is 11.6 Å². The third kappa shape index (κ3) is 4.52. The first kappa shape index (κ1) is 20.3. The fourth-order valence-corrected chi connectivity index (χ4v) is 3.37. The van der Waals surface area contributed by atoms with Crippen molar-refractivity contribution in [2.75, 3.05) is 11.9 Å². The summed E-state index contributed by atoms with van der Waals surface area (Å²) in [5.74, 6) is 0.189. The lowest BCUT2D eigenvalue weighted by Gasteiger charge is -2.30. The lowest BCUT2D eigenvalue weighted by atomic mass is 9.94. The molecule has 1 aliphatic heterocycles. The summed E-state index contributed by atoms with van der Waals surface area (Å²) in [5, 5.41) is 20.3. The van der Waals surface area contributed by atoms with Gasteiger partial charge < -0.3 is 20.7 Å². The molecule has 0 bridgehead atoms. The molecule has 3 rings (SSSR count). The third-order valence-electron chi connectivity index (χ3n) is 4.36. The van der Waals surface area contributed by atoms with E-state index in [4.69, 9.17) is 17.0 Å². The van der Waals surface area contributed by atoms with Crippen molar-refractivity contribution in [3.8, 4) is 5.75 Å². The van der Waals surface area contributed by atoms with Crippen LogP contribution in [-0.4, -0.2) is 22.5 Å². The zero-order valence-electron chi connectivity index (χ0n) is 15.9. The number of rotatable bonds is 6. The predicted octanol–water partition coefficient (Wildman–Crippen LogP) is 3.43. The van der Waals surface area contributed by atoms with Crippen molar-refractivity contribution in [1.29, 1.82) is 0 Å². The molecule has 0 saturated carbocycles. The fourth-order valence-electron chi connectivity index (χ4n) is 3.10. The second-order valence-electron chi connectivity index (χ2n) is 6.31. The van der Waals surface area contributed by atoms with Crippen molar-refractivity contribution in [1.82, 2.24) is 10.6 Å². The van der Waals surface area contributed by atoms with Crippen molar-refractivity contribution in [3.05, 3.63) is 75.5 Å². The second kappa shape index (κ2) is 8.70. The topological polar surface area (TPSA) is 106 Å². The Kier molecular flexibility index (Phi) is 6.08. The Hall–Kier alpha value is -3.46. The van der Waals surface area contributed by atoms with Crippen LogP contribution in [0.3, 0.4) is 0 Å². The van der Waals surface area contributed by atoms with Crippen molar-refractivity contribution >= 4 is 34.6 Å². The number of thiocarbonyl (C=S) groups is 1. The highest BCUT2D eigenvalue weighted by Crippen LogP contribution is 2.31. The van der Waals surface area contributed by atoms with Gasteiger partial charge in [-0.25, -0.2) is 0 Å². The number of anilines is 1. The quantitative estimate of drug-likeness (QED) is 0.379. The number of carbonyl (C=O) groups excluding carboxylic acids is 1. The SMILES string of the molecule is CCOc1ccccc1NC(=O)C1=C(C)NC(=S)N[C@H]1c1cccc([N+](=O)[O-])c1. The first-order chi connectivity index (χ1) is 13.9. The molecule has 1 heterocycles. The molecule has 3 N–H and O–H groups in total. The maximum Gasteiger partial charge on any atom is 0.269 e. The predicted molar refractivity (Wildman–Crippen MR) is 114 cm³/mol. The van der Waals surface area contributed by atoms with Crippen molar-refractivity contribution in [2.45, 2.75) is 19.9 Å². The average Bonchev–Trinajstić information content (AvgIpc) is 2.69. The highest BCUT2D eigenvalue weighted by Gasteiger charge is 2.31. The lowest BCUT2D eigenvalue weighted by molar-refractivity contribution is -0.384. The minimum atomic E-state index is -0.636. The number of allylic oxidation sites excluding steroid dienone is 1. The Morgan fingerprint density at radius 2 is 2.03 bits per heavy atom. The smallest absolute Gasteiger partial charge is 0.269 e. The molecule has 1 amide bonds. The van der Waals surface area contributed by atoms with Crippen LogP contribution in [0.2, 0.25) is 0 Å². The van der Waals surface area contributed by atoms with E-state index in [-0.39, 0.29) is 11.6 Å². The molecule has 0 fully saturated rings. The minimum Gasteiger partial charge on any atom is -0.492 e. The van der Waals surface area contributed by atoms with Gasteiger partial charge in [0.2, 0.25) is 0 Å². The van der Waals surface area contributed by atoms with Gasteiger partial charge in [0, 0.05) is 17.8 Å². The molecule has 0 spiro atoms. The summed E-state index contributed by atoms with van der Waals surface area (Å²) >= 11 is 5.23. The number of hydrogen-bond donors (Lipinski definition) is 3. The van der Waals surface area contributed by atoms with Crippen LogP contribution in [0.5, 0.6) is 5.75 Å². The number of nitro benzene ring substituents is 1. The number of carbonyl (C=O) groups is 1. The summed E-state index contributed by atoms with van der Waals surface area (Å²) in [4.78, 5) is 23.8. The van der Waals surface area contributed by atoms with Gasteiger partial charge in [-0.1, -0.05) is 24.3 Å². The second-order valence-corrected chi connectivity index (χ2v) is 6.71. The average molecular weight is 412 g/mol. The lowest BCUT2D eigenvalue weighted by Crippen LogP contribution is -2.45. The Bertz CT molecular complexity index is 1010.